The van der Waals surface area contributed by atoms with Crippen LogP contribution in [0.25, 0.3) is 0 Å². The molecule has 0 spiro atoms. The van der Waals surface area contributed by atoms with Gasteiger partial charge in [-0.3, -0.25) is 4.79 Å². The van der Waals surface area contributed by atoms with Crippen molar-refractivity contribution < 1.29 is 9.53 Å². The molecule has 25 heavy (non-hydrogen) atoms. The lowest BCUT2D eigenvalue weighted by atomic mass is 9.92. The summed E-state index contributed by atoms with van der Waals surface area (Å²) in [6.07, 6.45) is 1.67. The summed E-state index contributed by atoms with van der Waals surface area (Å²) >= 11 is 7.53. The number of anilines is 1. The normalized spacial score (nSPS) is 16.4. The number of carbonyl (C=O) groups is 1. The Morgan fingerprint density at radius 1 is 1.16 bits per heavy atom. The fraction of sp³-hybridized carbons (Fsp3) is 0.316. The molecular formula is C19H21ClN2O2S. The van der Waals surface area contributed by atoms with Crippen LogP contribution in [0, 0.1) is 5.92 Å². The van der Waals surface area contributed by atoms with Gasteiger partial charge in [-0.25, -0.2) is 0 Å². The summed E-state index contributed by atoms with van der Waals surface area (Å²) in [6.45, 7) is 1.36. The first-order valence-electron chi connectivity index (χ1n) is 8.29. The van der Waals surface area contributed by atoms with E-state index >= 15 is 0 Å². The van der Waals surface area contributed by atoms with Crippen LogP contribution in [-0.4, -0.2) is 25.2 Å². The maximum absolute atomic E-state index is 12.4. The molecule has 132 valence electrons. The van der Waals surface area contributed by atoms with Crippen LogP contribution in [0.15, 0.2) is 58.3 Å². The predicted molar refractivity (Wildman–Crippen MR) is 102 cm³/mol. The van der Waals surface area contributed by atoms with E-state index in [1.165, 1.54) is 0 Å². The lowest BCUT2D eigenvalue weighted by Crippen LogP contribution is -2.44. The third kappa shape index (κ3) is 5.22. The third-order valence-corrected chi connectivity index (χ3v) is 5.48. The van der Waals surface area contributed by atoms with Crippen molar-refractivity contribution in [2.24, 2.45) is 11.7 Å². The maximum Gasteiger partial charge on any atom is 0.241 e. The maximum atomic E-state index is 12.4. The molecule has 3 rings (SSSR count). The second-order valence-corrected chi connectivity index (χ2v) is 7.63. The average Bonchev–Trinajstić information content (AvgIpc) is 2.64. The first-order valence-corrected chi connectivity index (χ1v) is 9.49. The van der Waals surface area contributed by atoms with Gasteiger partial charge in [-0.2, -0.15) is 0 Å². The molecule has 0 aromatic heterocycles. The number of amides is 1. The molecule has 1 saturated heterocycles. The number of nitrogens with one attached hydrogen (secondary N) is 1. The van der Waals surface area contributed by atoms with Crippen LogP contribution in [0.1, 0.15) is 12.8 Å². The summed E-state index contributed by atoms with van der Waals surface area (Å²) in [6, 6.07) is 14.9. The summed E-state index contributed by atoms with van der Waals surface area (Å²) < 4.78 is 5.33. The molecule has 0 bridgehead atoms. The summed E-state index contributed by atoms with van der Waals surface area (Å²) in [5, 5.41) is 3.65. The van der Waals surface area contributed by atoms with Gasteiger partial charge in [0, 0.05) is 33.7 Å². The zero-order chi connectivity index (χ0) is 17.6. The molecule has 1 aliphatic heterocycles. The highest BCUT2D eigenvalue weighted by Gasteiger charge is 2.26. The Labute approximate surface area is 157 Å². The Morgan fingerprint density at radius 3 is 2.60 bits per heavy atom. The van der Waals surface area contributed by atoms with E-state index in [1.807, 2.05) is 48.5 Å². The summed E-state index contributed by atoms with van der Waals surface area (Å²) in [7, 11) is 0. The van der Waals surface area contributed by atoms with Crippen LogP contribution in [0.2, 0.25) is 5.02 Å². The number of halogens is 1. The molecule has 1 aliphatic rings. The molecule has 0 saturated carbocycles. The second-order valence-electron chi connectivity index (χ2n) is 6.05. The van der Waals surface area contributed by atoms with E-state index in [4.69, 9.17) is 22.1 Å². The van der Waals surface area contributed by atoms with Crippen LogP contribution in [0.3, 0.4) is 0 Å². The minimum atomic E-state index is -0.503. The van der Waals surface area contributed by atoms with Crippen molar-refractivity contribution in [1.82, 2.24) is 0 Å². The monoisotopic (exact) mass is 376 g/mol. The topological polar surface area (TPSA) is 64.4 Å². The fourth-order valence-corrected chi connectivity index (χ4v) is 3.79. The standard InChI is InChI=1S/C19H21ClN2O2S/c20-14-4-6-16(7-5-14)25-17-3-1-2-15(12-17)22-19(23)18(21)13-8-10-24-11-9-13/h1-7,12-13,18H,8-11,21H2,(H,22,23). The van der Waals surface area contributed by atoms with Crippen molar-refractivity contribution >= 4 is 35.0 Å². The molecular weight excluding hydrogens is 356 g/mol. The van der Waals surface area contributed by atoms with Crippen molar-refractivity contribution in [3.8, 4) is 0 Å². The van der Waals surface area contributed by atoms with Gasteiger partial charge in [-0.1, -0.05) is 29.4 Å². The van der Waals surface area contributed by atoms with Crippen molar-refractivity contribution in [2.75, 3.05) is 18.5 Å². The smallest absolute Gasteiger partial charge is 0.241 e. The van der Waals surface area contributed by atoms with E-state index < -0.39 is 6.04 Å². The van der Waals surface area contributed by atoms with Gasteiger partial charge >= 0.3 is 0 Å². The zero-order valence-corrected chi connectivity index (χ0v) is 15.4. The number of rotatable bonds is 5. The van der Waals surface area contributed by atoms with Gasteiger partial charge in [0.1, 0.15) is 0 Å². The van der Waals surface area contributed by atoms with Crippen LogP contribution in [0.5, 0.6) is 0 Å². The van der Waals surface area contributed by atoms with Crippen LogP contribution in [-0.2, 0) is 9.53 Å². The van der Waals surface area contributed by atoms with E-state index in [-0.39, 0.29) is 11.8 Å². The molecule has 2 aromatic rings. The Balaban J connectivity index is 1.62. The van der Waals surface area contributed by atoms with Gasteiger partial charge < -0.3 is 15.8 Å². The number of benzene rings is 2. The Morgan fingerprint density at radius 2 is 1.88 bits per heavy atom. The third-order valence-electron chi connectivity index (χ3n) is 4.23. The molecule has 3 N–H and O–H groups in total. The van der Waals surface area contributed by atoms with Crippen molar-refractivity contribution in [1.29, 1.82) is 0 Å². The average molecular weight is 377 g/mol. The zero-order valence-electron chi connectivity index (χ0n) is 13.8. The number of hydrogen-bond donors (Lipinski definition) is 2. The first-order chi connectivity index (χ1) is 12.1. The quantitative estimate of drug-likeness (QED) is 0.821. The fourth-order valence-electron chi connectivity index (χ4n) is 2.79. The predicted octanol–water partition coefficient (Wildman–Crippen LogP) is 4.18. The minimum Gasteiger partial charge on any atom is -0.381 e. The SMILES string of the molecule is NC(C(=O)Nc1cccc(Sc2ccc(Cl)cc2)c1)C1CCOCC1. The molecule has 1 fully saturated rings. The Bertz CT molecular complexity index is 718. The molecule has 4 nitrogen and oxygen atoms in total. The number of hydrogen-bond acceptors (Lipinski definition) is 4. The number of ether oxygens (including phenoxy) is 1. The summed E-state index contributed by atoms with van der Waals surface area (Å²) in [4.78, 5) is 14.6. The second kappa shape index (κ2) is 8.72. The van der Waals surface area contributed by atoms with Crippen molar-refractivity contribution in [2.45, 2.75) is 28.7 Å². The highest BCUT2D eigenvalue weighted by Crippen LogP contribution is 2.30. The Hall–Kier alpha value is -1.53. The Kier molecular flexibility index (Phi) is 6.37. The van der Waals surface area contributed by atoms with E-state index in [1.54, 1.807) is 11.8 Å². The van der Waals surface area contributed by atoms with Crippen molar-refractivity contribution in [3.63, 3.8) is 0 Å². The molecule has 1 amide bonds. The number of carbonyl (C=O) groups excluding carboxylic acids is 1. The highest BCUT2D eigenvalue weighted by atomic mass is 35.5. The molecule has 1 atom stereocenters. The van der Waals surface area contributed by atoms with Gasteiger partial charge in [0.05, 0.1) is 6.04 Å². The number of nitrogens with two attached hydrogens (primary N) is 1. The summed E-state index contributed by atoms with van der Waals surface area (Å²) in [5.41, 5.74) is 6.89. The van der Waals surface area contributed by atoms with E-state index in [9.17, 15) is 4.79 Å². The van der Waals surface area contributed by atoms with Gasteiger partial charge in [-0.05, 0) is 61.2 Å². The first kappa shape index (κ1) is 18.3. The molecule has 1 heterocycles. The van der Waals surface area contributed by atoms with Gasteiger partial charge in [-0.15, -0.1) is 0 Å². The molecule has 1 unspecified atom stereocenters. The highest BCUT2D eigenvalue weighted by molar-refractivity contribution is 7.99. The van der Waals surface area contributed by atoms with E-state index in [2.05, 4.69) is 5.32 Å². The van der Waals surface area contributed by atoms with Gasteiger partial charge in [0.25, 0.3) is 0 Å². The molecule has 6 heteroatoms. The van der Waals surface area contributed by atoms with E-state index in [0.29, 0.717) is 18.2 Å². The molecule has 0 aliphatic carbocycles. The van der Waals surface area contributed by atoms with Crippen LogP contribution in [0.4, 0.5) is 5.69 Å². The van der Waals surface area contributed by atoms with Crippen LogP contribution < -0.4 is 11.1 Å². The lowest BCUT2D eigenvalue weighted by molar-refractivity contribution is -0.119. The van der Waals surface area contributed by atoms with Gasteiger partial charge in [0.15, 0.2) is 0 Å². The lowest BCUT2D eigenvalue weighted by Gasteiger charge is -2.26. The summed E-state index contributed by atoms with van der Waals surface area (Å²) in [5.74, 6) is 0.0425. The van der Waals surface area contributed by atoms with E-state index in [0.717, 1.165) is 28.3 Å². The largest absolute Gasteiger partial charge is 0.381 e. The molecule has 2 aromatic carbocycles. The van der Waals surface area contributed by atoms with Crippen LogP contribution >= 0.6 is 23.4 Å². The minimum absolute atomic E-state index is 0.138. The van der Waals surface area contributed by atoms with Crippen molar-refractivity contribution in [3.05, 3.63) is 53.6 Å². The molecule has 0 radical (unpaired) electrons. The van der Waals surface area contributed by atoms with Gasteiger partial charge in [0.2, 0.25) is 5.91 Å².